The molecule has 4 saturated carbocycles. The predicted octanol–water partition coefficient (Wildman–Crippen LogP) is 7.28. The molecule has 3 aromatic carbocycles. The second-order valence-electron chi connectivity index (χ2n) is 12.8. The molecule has 7 nitrogen and oxygen atoms in total. The Morgan fingerprint density at radius 1 is 0.927 bits per heavy atom. The first-order chi connectivity index (χ1) is 19.6. The van der Waals surface area contributed by atoms with Gasteiger partial charge in [0.2, 0.25) is 6.10 Å². The highest BCUT2D eigenvalue weighted by molar-refractivity contribution is 5.98. The van der Waals surface area contributed by atoms with Gasteiger partial charge in [0, 0.05) is 11.6 Å². The van der Waals surface area contributed by atoms with Crippen molar-refractivity contribution in [1.82, 2.24) is 0 Å². The number of rotatable bonds is 7. The van der Waals surface area contributed by atoms with Gasteiger partial charge in [0.05, 0.1) is 10.3 Å². The molecule has 3 aromatic rings. The Morgan fingerprint density at radius 3 is 2.29 bits per heavy atom. The van der Waals surface area contributed by atoms with E-state index >= 15 is 0 Å². The van der Waals surface area contributed by atoms with Crippen LogP contribution < -0.4 is 5.32 Å². The summed E-state index contributed by atoms with van der Waals surface area (Å²) in [5.74, 6) is -0.0402. The molecule has 212 valence electrons. The molecule has 1 amide bonds. The smallest absolute Gasteiger partial charge is 0.313 e. The van der Waals surface area contributed by atoms with Crippen molar-refractivity contribution in [3.05, 3.63) is 105 Å². The van der Waals surface area contributed by atoms with E-state index in [1.165, 1.54) is 28.8 Å². The summed E-state index contributed by atoms with van der Waals surface area (Å²) in [5.41, 5.74) is 4.25. The summed E-state index contributed by atoms with van der Waals surface area (Å²) >= 11 is 0. The SMILES string of the molecule is Cc1ccc(NC(=O)[C@@H](OC(=O)C23C[C@H]4C[C@@H](C2)CC(c2ccc(C)c(C)c2)(C4)C3)c2ccccc2)c([N+](=O)[O-])c1. The summed E-state index contributed by atoms with van der Waals surface area (Å²) in [6, 6.07) is 20.3. The molecule has 0 radical (unpaired) electrons. The van der Waals surface area contributed by atoms with Crippen molar-refractivity contribution >= 4 is 23.3 Å². The molecule has 41 heavy (non-hydrogen) atoms. The molecule has 0 aliphatic heterocycles. The molecule has 4 aliphatic rings. The monoisotopic (exact) mass is 552 g/mol. The number of hydrogen-bond donors (Lipinski definition) is 1. The van der Waals surface area contributed by atoms with Gasteiger partial charge in [0.25, 0.3) is 11.6 Å². The van der Waals surface area contributed by atoms with Crippen LogP contribution >= 0.6 is 0 Å². The van der Waals surface area contributed by atoms with Gasteiger partial charge in [-0.25, -0.2) is 0 Å². The Labute approximate surface area is 240 Å². The number of carbonyl (C=O) groups excluding carboxylic acids is 2. The number of nitro groups is 1. The zero-order valence-corrected chi connectivity index (χ0v) is 23.8. The quantitative estimate of drug-likeness (QED) is 0.189. The van der Waals surface area contributed by atoms with Crippen molar-refractivity contribution < 1.29 is 19.2 Å². The van der Waals surface area contributed by atoms with E-state index < -0.39 is 22.3 Å². The van der Waals surface area contributed by atoms with E-state index in [4.69, 9.17) is 4.74 Å². The highest BCUT2D eigenvalue weighted by Gasteiger charge is 2.62. The topological polar surface area (TPSA) is 98.5 Å². The highest BCUT2D eigenvalue weighted by atomic mass is 16.6. The minimum atomic E-state index is -1.23. The van der Waals surface area contributed by atoms with Crippen LogP contribution in [0.1, 0.15) is 72.4 Å². The van der Waals surface area contributed by atoms with Crippen molar-refractivity contribution in [2.45, 2.75) is 70.8 Å². The van der Waals surface area contributed by atoms with E-state index in [0.717, 1.165) is 38.5 Å². The number of amides is 1. The van der Waals surface area contributed by atoms with Crippen molar-refractivity contribution in [3.63, 3.8) is 0 Å². The van der Waals surface area contributed by atoms with Gasteiger partial charge in [0.1, 0.15) is 5.69 Å². The van der Waals surface area contributed by atoms with Gasteiger partial charge in [-0.05, 0) is 105 Å². The summed E-state index contributed by atoms with van der Waals surface area (Å²) in [7, 11) is 0. The first-order valence-electron chi connectivity index (χ1n) is 14.5. The number of nitrogens with one attached hydrogen (secondary N) is 1. The minimum Gasteiger partial charge on any atom is -0.447 e. The number of nitrogens with zero attached hydrogens (tertiary/aromatic N) is 1. The van der Waals surface area contributed by atoms with E-state index in [1.807, 2.05) is 6.07 Å². The molecule has 5 atom stereocenters. The molecular formula is C34H36N2O5. The van der Waals surface area contributed by atoms with Crippen LogP contribution in [0.4, 0.5) is 11.4 Å². The largest absolute Gasteiger partial charge is 0.447 e. The number of esters is 1. The Morgan fingerprint density at radius 2 is 1.63 bits per heavy atom. The van der Waals surface area contributed by atoms with Crippen molar-refractivity contribution in [3.8, 4) is 0 Å². The first-order valence-corrected chi connectivity index (χ1v) is 14.5. The van der Waals surface area contributed by atoms with E-state index in [1.54, 1.807) is 37.3 Å². The molecule has 4 fully saturated rings. The van der Waals surface area contributed by atoms with Crippen LogP contribution in [-0.2, 0) is 19.7 Å². The lowest BCUT2D eigenvalue weighted by atomic mass is 9.43. The van der Waals surface area contributed by atoms with Crippen molar-refractivity contribution in [2.75, 3.05) is 5.32 Å². The molecular weight excluding hydrogens is 516 g/mol. The van der Waals surface area contributed by atoms with E-state index in [9.17, 15) is 19.7 Å². The molecule has 4 aliphatic carbocycles. The average Bonchev–Trinajstić information content (AvgIpc) is 2.93. The van der Waals surface area contributed by atoms with E-state index in [-0.39, 0.29) is 22.8 Å². The predicted molar refractivity (Wildman–Crippen MR) is 156 cm³/mol. The Balaban J connectivity index is 1.31. The molecule has 4 bridgehead atoms. The normalized spacial score (nSPS) is 26.8. The number of nitro benzene ring substituents is 1. The minimum absolute atomic E-state index is 0.0609. The number of carbonyl (C=O) groups is 2. The first kappa shape index (κ1) is 27.2. The lowest BCUT2D eigenvalue weighted by Crippen LogP contribution is -2.57. The van der Waals surface area contributed by atoms with Crippen molar-refractivity contribution in [2.24, 2.45) is 17.3 Å². The van der Waals surface area contributed by atoms with Gasteiger partial charge in [0.15, 0.2) is 0 Å². The Hall–Kier alpha value is -4.00. The second kappa shape index (κ2) is 10.1. The summed E-state index contributed by atoms with van der Waals surface area (Å²) in [6.07, 6.45) is 4.36. The lowest BCUT2D eigenvalue weighted by molar-refractivity contribution is -0.384. The summed E-state index contributed by atoms with van der Waals surface area (Å²) in [6.45, 7) is 6.02. The average molecular weight is 553 g/mol. The van der Waals surface area contributed by atoms with Crippen molar-refractivity contribution in [1.29, 1.82) is 0 Å². The molecule has 7 heteroatoms. The van der Waals surface area contributed by atoms with Crippen LogP contribution in [-0.4, -0.2) is 16.8 Å². The summed E-state index contributed by atoms with van der Waals surface area (Å²) in [4.78, 5) is 39.1. The molecule has 1 N–H and O–H groups in total. The Bertz CT molecular complexity index is 1520. The lowest BCUT2D eigenvalue weighted by Gasteiger charge is -2.61. The number of ether oxygens (including phenoxy) is 1. The maximum atomic E-state index is 14.2. The maximum Gasteiger partial charge on any atom is 0.313 e. The van der Waals surface area contributed by atoms with E-state index in [2.05, 4.69) is 37.4 Å². The standard InChI is InChI=1S/C34H36N2O5/c1-21-9-12-28(29(13-21)36(39)40)35-31(37)30(26-7-5-4-6-8-26)41-32(38)34-18-24-15-25(19-34)17-33(16-24,20-34)27-11-10-22(2)23(3)14-27/h4-14,24-25,30H,15-20H2,1-3H3,(H,35,37)/t24-,25+,30-,33?,34?/m0/s1. The fourth-order valence-corrected chi connectivity index (χ4v) is 8.14. The van der Waals surface area contributed by atoms with Gasteiger partial charge in [-0.15, -0.1) is 0 Å². The molecule has 0 spiro atoms. The van der Waals surface area contributed by atoms with Gasteiger partial charge >= 0.3 is 5.97 Å². The summed E-state index contributed by atoms with van der Waals surface area (Å²) in [5, 5.41) is 14.4. The molecule has 0 aromatic heterocycles. The van der Waals surface area contributed by atoms with Crippen LogP contribution in [0.15, 0.2) is 66.7 Å². The Kier molecular flexibility index (Phi) is 6.71. The number of benzene rings is 3. The fraction of sp³-hybridized carbons (Fsp3) is 0.412. The molecule has 0 saturated heterocycles. The third-order valence-corrected chi connectivity index (χ3v) is 9.79. The van der Waals surface area contributed by atoms with Crippen LogP contribution in [0.5, 0.6) is 0 Å². The van der Waals surface area contributed by atoms with Gasteiger partial charge in [-0.1, -0.05) is 54.6 Å². The van der Waals surface area contributed by atoms with Crippen LogP contribution in [0.25, 0.3) is 0 Å². The summed E-state index contributed by atoms with van der Waals surface area (Å²) < 4.78 is 6.18. The second-order valence-corrected chi connectivity index (χ2v) is 12.8. The van der Waals surface area contributed by atoms with Crippen LogP contribution in [0.2, 0.25) is 0 Å². The zero-order chi connectivity index (χ0) is 28.9. The number of hydrogen-bond acceptors (Lipinski definition) is 5. The highest BCUT2D eigenvalue weighted by Crippen LogP contribution is 2.66. The molecule has 0 heterocycles. The third kappa shape index (κ3) is 4.92. The third-order valence-electron chi connectivity index (χ3n) is 9.79. The van der Waals surface area contributed by atoms with Crippen LogP contribution in [0.3, 0.4) is 0 Å². The maximum absolute atomic E-state index is 14.2. The van der Waals surface area contributed by atoms with Gasteiger partial charge < -0.3 is 10.1 Å². The van der Waals surface area contributed by atoms with Gasteiger partial charge in [-0.3, -0.25) is 19.7 Å². The number of aryl methyl sites for hydroxylation is 3. The number of anilines is 1. The molecule has 2 unspecified atom stereocenters. The zero-order valence-electron chi connectivity index (χ0n) is 23.8. The van der Waals surface area contributed by atoms with Crippen LogP contribution in [0, 0.1) is 48.1 Å². The van der Waals surface area contributed by atoms with E-state index in [0.29, 0.717) is 23.0 Å². The molecule has 7 rings (SSSR count). The fourth-order valence-electron chi connectivity index (χ4n) is 8.14. The van der Waals surface area contributed by atoms with Gasteiger partial charge in [-0.2, -0.15) is 0 Å².